The van der Waals surface area contributed by atoms with E-state index in [9.17, 15) is 0 Å². The first kappa shape index (κ1) is 11.5. The largest absolute Gasteiger partial charge is 0.343 e. The van der Waals surface area contributed by atoms with Crippen LogP contribution in [0.15, 0.2) is 18.3 Å². The van der Waals surface area contributed by atoms with Crippen LogP contribution in [0.4, 0.5) is 0 Å². The van der Waals surface area contributed by atoms with Crippen LogP contribution in [-0.4, -0.2) is 14.3 Å². The maximum atomic E-state index is 6.20. The van der Waals surface area contributed by atoms with Crippen LogP contribution in [-0.2, 0) is 20.0 Å². The summed E-state index contributed by atoms with van der Waals surface area (Å²) in [5, 5.41) is 4.23. The van der Waals surface area contributed by atoms with Crippen LogP contribution >= 0.6 is 0 Å². The average molecular weight is 244 g/mol. The van der Waals surface area contributed by atoms with Gasteiger partial charge in [-0.15, -0.1) is 0 Å². The zero-order valence-electron chi connectivity index (χ0n) is 11.1. The molecule has 2 aromatic rings. The fourth-order valence-corrected chi connectivity index (χ4v) is 2.94. The molecule has 0 saturated heterocycles. The Bertz CT molecular complexity index is 564. The normalized spacial score (nSPS) is 18.9. The summed E-state index contributed by atoms with van der Waals surface area (Å²) in [7, 11) is 1.99. The number of fused-ring (bicyclic) bond motifs is 1. The third-order valence-electron chi connectivity index (χ3n) is 4.02. The molecule has 96 valence electrons. The van der Waals surface area contributed by atoms with Gasteiger partial charge >= 0.3 is 0 Å². The van der Waals surface area contributed by atoms with E-state index in [1.165, 1.54) is 29.1 Å². The van der Waals surface area contributed by atoms with E-state index in [-0.39, 0.29) is 6.04 Å². The molecule has 0 radical (unpaired) electrons. The first-order valence-electron chi connectivity index (χ1n) is 6.58. The highest BCUT2D eigenvalue weighted by Gasteiger charge is 2.22. The Kier molecular flexibility index (Phi) is 2.74. The number of nitrogens with two attached hydrogens (primary N) is 1. The van der Waals surface area contributed by atoms with Crippen molar-refractivity contribution in [3.05, 3.63) is 41.0 Å². The van der Waals surface area contributed by atoms with Crippen molar-refractivity contribution in [3.63, 3.8) is 0 Å². The van der Waals surface area contributed by atoms with Crippen LogP contribution in [0.3, 0.4) is 0 Å². The zero-order chi connectivity index (χ0) is 12.7. The van der Waals surface area contributed by atoms with Crippen molar-refractivity contribution >= 4 is 0 Å². The van der Waals surface area contributed by atoms with E-state index in [0.717, 1.165) is 19.4 Å². The first-order chi connectivity index (χ1) is 8.66. The van der Waals surface area contributed by atoms with Crippen molar-refractivity contribution in [1.82, 2.24) is 14.3 Å². The highest BCUT2D eigenvalue weighted by atomic mass is 15.3. The maximum Gasteiger partial charge on any atom is 0.0644 e. The topological polar surface area (TPSA) is 48.8 Å². The quantitative estimate of drug-likeness (QED) is 0.877. The lowest BCUT2D eigenvalue weighted by molar-refractivity contribution is 0.541. The van der Waals surface area contributed by atoms with Gasteiger partial charge in [0.25, 0.3) is 0 Å². The molecular weight excluding hydrogens is 224 g/mol. The van der Waals surface area contributed by atoms with Gasteiger partial charge in [0.1, 0.15) is 0 Å². The fraction of sp³-hybridized carbons (Fsp3) is 0.500. The SMILES string of the molecule is Cc1cc2c(n1Cc1ccnn1C)CCCC2N. The monoisotopic (exact) mass is 244 g/mol. The summed E-state index contributed by atoms with van der Waals surface area (Å²) in [6.45, 7) is 3.06. The molecule has 0 saturated carbocycles. The van der Waals surface area contributed by atoms with E-state index in [4.69, 9.17) is 5.73 Å². The summed E-state index contributed by atoms with van der Waals surface area (Å²) in [5.74, 6) is 0. The van der Waals surface area contributed by atoms with Gasteiger partial charge in [0.15, 0.2) is 0 Å². The standard InChI is InChI=1S/C14H20N4/c1-10-8-12-13(15)4-3-5-14(12)18(10)9-11-6-7-16-17(11)2/h6-8,13H,3-5,9,15H2,1-2H3. The molecule has 1 unspecified atom stereocenters. The van der Waals surface area contributed by atoms with Crippen LogP contribution in [0, 0.1) is 6.92 Å². The third-order valence-corrected chi connectivity index (χ3v) is 4.02. The lowest BCUT2D eigenvalue weighted by Crippen LogP contribution is -2.19. The van der Waals surface area contributed by atoms with E-state index in [0.29, 0.717) is 0 Å². The Balaban J connectivity index is 2.00. The number of hydrogen-bond acceptors (Lipinski definition) is 2. The van der Waals surface area contributed by atoms with E-state index < -0.39 is 0 Å². The molecule has 0 bridgehead atoms. The third kappa shape index (κ3) is 1.77. The van der Waals surface area contributed by atoms with E-state index in [2.05, 4.69) is 28.7 Å². The van der Waals surface area contributed by atoms with E-state index in [1.54, 1.807) is 0 Å². The van der Waals surface area contributed by atoms with Crippen molar-refractivity contribution in [1.29, 1.82) is 0 Å². The summed E-state index contributed by atoms with van der Waals surface area (Å²) in [6.07, 6.45) is 5.31. The number of aryl methyl sites for hydroxylation is 2. The molecule has 0 amide bonds. The Labute approximate surface area is 107 Å². The van der Waals surface area contributed by atoms with Gasteiger partial charge in [-0.05, 0) is 43.9 Å². The van der Waals surface area contributed by atoms with Crippen molar-refractivity contribution in [3.8, 4) is 0 Å². The predicted octanol–water partition coefficient (Wildman–Crippen LogP) is 1.91. The van der Waals surface area contributed by atoms with Crippen molar-refractivity contribution in [2.75, 3.05) is 0 Å². The summed E-state index contributed by atoms with van der Waals surface area (Å²) in [6, 6.07) is 4.56. The summed E-state index contributed by atoms with van der Waals surface area (Å²) < 4.78 is 4.33. The molecule has 0 spiro atoms. The Morgan fingerprint density at radius 2 is 2.33 bits per heavy atom. The van der Waals surface area contributed by atoms with Crippen LogP contribution in [0.1, 0.15) is 41.5 Å². The van der Waals surface area contributed by atoms with Crippen LogP contribution in [0.2, 0.25) is 0 Å². The highest BCUT2D eigenvalue weighted by molar-refractivity contribution is 5.33. The fourth-order valence-electron chi connectivity index (χ4n) is 2.94. The van der Waals surface area contributed by atoms with Gasteiger partial charge in [0.05, 0.1) is 12.2 Å². The summed E-state index contributed by atoms with van der Waals surface area (Å²) in [5.41, 5.74) is 11.5. The summed E-state index contributed by atoms with van der Waals surface area (Å²) in [4.78, 5) is 0. The minimum absolute atomic E-state index is 0.222. The van der Waals surface area contributed by atoms with Gasteiger partial charge < -0.3 is 10.3 Å². The highest BCUT2D eigenvalue weighted by Crippen LogP contribution is 2.31. The lowest BCUT2D eigenvalue weighted by Gasteiger charge is -2.21. The Morgan fingerprint density at radius 1 is 1.50 bits per heavy atom. The first-order valence-corrected chi connectivity index (χ1v) is 6.58. The van der Waals surface area contributed by atoms with Gasteiger partial charge in [-0.3, -0.25) is 4.68 Å². The van der Waals surface area contributed by atoms with E-state index >= 15 is 0 Å². The Hall–Kier alpha value is -1.55. The molecule has 18 heavy (non-hydrogen) atoms. The Morgan fingerprint density at radius 3 is 3.06 bits per heavy atom. The van der Waals surface area contributed by atoms with Crippen LogP contribution < -0.4 is 5.73 Å². The molecule has 0 aliphatic heterocycles. The molecule has 3 rings (SSSR count). The number of rotatable bonds is 2. The second-order valence-corrected chi connectivity index (χ2v) is 5.22. The van der Waals surface area contributed by atoms with Crippen molar-refractivity contribution in [2.45, 2.75) is 38.8 Å². The van der Waals surface area contributed by atoms with Crippen molar-refractivity contribution in [2.24, 2.45) is 12.8 Å². The molecule has 1 aliphatic carbocycles. The molecule has 2 N–H and O–H groups in total. The smallest absolute Gasteiger partial charge is 0.0644 e. The minimum atomic E-state index is 0.222. The average Bonchev–Trinajstić information content (AvgIpc) is 2.87. The van der Waals surface area contributed by atoms with E-state index in [1.807, 2.05) is 17.9 Å². The van der Waals surface area contributed by atoms with Gasteiger partial charge in [0.2, 0.25) is 0 Å². The van der Waals surface area contributed by atoms with Gasteiger partial charge in [-0.1, -0.05) is 0 Å². The van der Waals surface area contributed by atoms with Crippen LogP contribution in [0.25, 0.3) is 0 Å². The number of hydrogen-bond donors (Lipinski definition) is 1. The second-order valence-electron chi connectivity index (χ2n) is 5.22. The lowest BCUT2D eigenvalue weighted by atomic mass is 9.93. The minimum Gasteiger partial charge on any atom is -0.343 e. The second kappa shape index (κ2) is 4.28. The van der Waals surface area contributed by atoms with Gasteiger partial charge in [0, 0.05) is 30.7 Å². The van der Waals surface area contributed by atoms with Crippen molar-refractivity contribution < 1.29 is 0 Å². The molecule has 0 aromatic carbocycles. The molecule has 4 heteroatoms. The summed E-state index contributed by atoms with van der Waals surface area (Å²) >= 11 is 0. The molecule has 2 heterocycles. The molecule has 0 fully saturated rings. The molecule has 4 nitrogen and oxygen atoms in total. The molecular formula is C14H20N4. The number of aromatic nitrogens is 3. The van der Waals surface area contributed by atoms with Gasteiger partial charge in [-0.2, -0.15) is 5.10 Å². The number of nitrogens with zero attached hydrogens (tertiary/aromatic N) is 3. The molecule has 1 atom stereocenters. The van der Waals surface area contributed by atoms with Gasteiger partial charge in [-0.25, -0.2) is 0 Å². The zero-order valence-corrected chi connectivity index (χ0v) is 11.1. The molecule has 1 aliphatic rings. The molecule has 2 aromatic heterocycles. The van der Waals surface area contributed by atoms with Crippen LogP contribution in [0.5, 0.6) is 0 Å². The predicted molar refractivity (Wildman–Crippen MR) is 71.3 cm³/mol. The maximum absolute atomic E-state index is 6.20.